The molecule has 226 valence electrons. The number of benzene rings is 2. The topological polar surface area (TPSA) is 167 Å². The zero-order valence-electron chi connectivity index (χ0n) is 22.8. The summed E-state index contributed by atoms with van der Waals surface area (Å²) in [6, 6.07) is 8.45. The van der Waals surface area contributed by atoms with Crippen LogP contribution in [0.4, 0.5) is 24.5 Å². The predicted octanol–water partition coefficient (Wildman–Crippen LogP) is 4.12. The zero-order valence-corrected chi connectivity index (χ0v) is 23.6. The van der Waals surface area contributed by atoms with E-state index in [1.807, 2.05) is 0 Å². The molecule has 4 bridgehead atoms. The normalized spacial score (nSPS) is 15.1. The van der Waals surface area contributed by atoms with Crippen molar-refractivity contribution in [1.29, 1.82) is 0 Å². The third kappa shape index (κ3) is 6.71. The molecule has 1 aliphatic rings. The Balaban J connectivity index is 1.51. The number of carbonyl (C=O) groups is 2. The second-order valence-corrected chi connectivity index (χ2v) is 10.1. The Morgan fingerprint density at radius 3 is 2.77 bits per heavy atom. The van der Waals surface area contributed by atoms with Crippen molar-refractivity contribution in [3.8, 4) is 11.3 Å². The van der Waals surface area contributed by atoms with Crippen molar-refractivity contribution in [2.75, 3.05) is 10.3 Å². The lowest BCUT2D eigenvalue weighted by Gasteiger charge is -2.18. The summed E-state index contributed by atoms with van der Waals surface area (Å²) < 4.78 is 43.6. The minimum absolute atomic E-state index is 0.0155. The van der Waals surface area contributed by atoms with E-state index in [0.717, 1.165) is 23.5 Å². The molecular formula is C29H25ClF3N9O2. The Labute approximate surface area is 253 Å². The first-order valence-electron chi connectivity index (χ1n) is 13.2. The highest BCUT2D eigenvalue weighted by molar-refractivity contribution is 6.31. The number of aromatic amines is 1. The van der Waals surface area contributed by atoms with Crippen molar-refractivity contribution in [3.05, 3.63) is 100.0 Å². The average molecular weight is 624 g/mol. The van der Waals surface area contributed by atoms with Gasteiger partial charge in [0.2, 0.25) is 11.8 Å². The number of pyridine rings is 1. The maximum Gasteiger partial charge on any atom is 0.244 e. The molecule has 1 atom stereocenters. The van der Waals surface area contributed by atoms with Gasteiger partial charge in [0.15, 0.2) is 5.82 Å². The van der Waals surface area contributed by atoms with Crippen molar-refractivity contribution < 1.29 is 22.8 Å². The second-order valence-electron chi connectivity index (χ2n) is 9.72. The van der Waals surface area contributed by atoms with E-state index in [1.165, 1.54) is 48.7 Å². The van der Waals surface area contributed by atoms with E-state index in [-0.39, 0.29) is 52.7 Å². The summed E-state index contributed by atoms with van der Waals surface area (Å²) >= 11 is 5.95. The third-order valence-corrected chi connectivity index (χ3v) is 7.04. The fourth-order valence-corrected chi connectivity index (χ4v) is 4.81. The second kappa shape index (κ2) is 13.0. The predicted molar refractivity (Wildman–Crippen MR) is 160 cm³/mol. The minimum atomic E-state index is -0.827. The highest BCUT2D eigenvalue weighted by atomic mass is 35.5. The number of carbonyl (C=O) groups excluding carboxylic acids is 2. The molecule has 5 rings (SSSR count). The van der Waals surface area contributed by atoms with Crippen molar-refractivity contribution in [2.24, 2.45) is 16.8 Å². The van der Waals surface area contributed by atoms with Gasteiger partial charge in [-0.15, -0.1) is 0 Å². The molecule has 0 spiro atoms. The molecule has 7 N–H and O–H groups in total. The summed E-state index contributed by atoms with van der Waals surface area (Å²) in [5.74, 6) is 8.21. The van der Waals surface area contributed by atoms with Crippen LogP contribution >= 0.6 is 11.6 Å². The van der Waals surface area contributed by atoms with Crippen molar-refractivity contribution >= 4 is 47.2 Å². The molecule has 0 radical (unpaired) electrons. The number of amides is 2. The molecule has 3 heterocycles. The van der Waals surface area contributed by atoms with Crippen LogP contribution in [-0.4, -0.2) is 33.1 Å². The minimum Gasteiger partial charge on any atom is -0.342 e. The molecule has 4 aromatic rings. The third-order valence-electron chi connectivity index (χ3n) is 6.75. The maximum atomic E-state index is 14.9. The van der Waals surface area contributed by atoms with Gasteiger partial charge in [0, 0.05) is 42.2 Å². The number of imidazole rings is 1. The molecule has 11 nitrogen and oxygen atoms in total. The van der Waals surface area contributed by atoms with Crippen LogP contribution in [0.1, 0.15) is 35.2 Å². The lowest BCUT2D eigenvalue weighted by molar-refractivity contribution is -0.117. The molecule has 0 fully saturated rings. The van der Waals surface area contributed by atoms with Crippen LogP contribution in [0.2, 0.25) is 5.02 Å². The average Bonchev–Trinajstić information content (AvgIpc) is 3.47. The molecule has 0 saturated heterocycles. The van der Waals surface area contributed by atoms with E-state index in [9.17, 15) is 22.8 Å². The van der Waals surface area contributed by atoms with Gasteiger partial charge >= 0.3 is 0 Å². The van der Waals surface area contributed by atoms with Crippen LogP contribution in [0.15, 0.2) is 59.8 Å². The lowest BCUT2D eigenvalue weighted by Crippen LogP contribution is -2.31. The molecule has 0 saturated carbocycles. The molecule has 2 amide bonds. The standard InChI is InChI=1S/C29H25ClF3N9O2/c30-19-5-8-25(42(35)14-37-34)18(28(19)33)4-9-26(43)40-23-12-16-2-6-20(32)21(38-16)7-10-27(44)39-22-11-15(31)1-3-17(22)24-13-36-29(23)41-24/h1-6,8-9,11,13-14,23H,7,10,12,34-35H2,(H,36,41)(H,39,44)(H,40,43)/b9-4+,37-14-. The van der Waals surface area contributed by atoms with Gasteiger partial charge in [-0.1, -0.05) is 11.6 Å². The molecule has 0 aliphatic carbocycles. The highest BCUT2D eigenvalue weighted by Gasteiger charge is 2.22. The fraction of sp³-hybridized carbons (Fsp3) is 0.138. The highest BCUT2D eigenvalue weighted by Crippen LogP contribution is 2.31. The van der Waals surface area contributed by atoms with Crippen LogP contribution in [0.25, 0.3) is 17.3 Å². The molecule has 2 aromatic heterocycles. The van der Waals surface area contributed by atoms with Crippen LogP contribution in [0, 0.1) is 17.5 Å². The molecule has 2 aromatic carbocycles. The number of hydrazone groups is 1. The molecule has 1 unspecified atom stereocenters. The largest absolute Gasteiger partial charge is 0.342 e. The van der Waals surface area contributed by atoms with Gasteiger partial charge in [-0.2, -0.15) is 5.10 Å². The van der Waals surface area contributed by atoms with Gasteiger partial charge in [-0.3, -0.25) is 19.6 Å². The summed E-state index contributed by atoms with van der Waals surface area (Å²) in [6.45, 7) is 0. The Morgan fingerprint density at radius 2 is 1.98 bits per heavy atom. The number of nitrogens with one attached hydrogen (secondary N) is 3. The first kappa shape index (κ1) is 30.3. The first-order valence-corrected chi connectivity index (χ1v) is 13.5. The number of hydrogen-bond donors (Lipinski definition) is 5. The first-order chi connectivity index (χ1) is 21.1. The molecule has 44 heavy (non-hydrogen) atoms. The van der Waals surface area contributed by atoms with Crippen LogP contribution in [-0.2, 0) is 22.4 Å². The molecule has 1 aliphatic heterocycles. The van der Waals surface area contributed by atoms with Gasteiger partial charge in [0.25, 0.3) is 0 Å². The fourth-order valence-electron chi connectivity index (χ4n) is 4.65. The number of aromatic nitrogens is 3. The number of nitrogens with zero attached hydrogens (tertiary/aromatic N) is 4. The number of hydrogen-bond acceptors (Lipinski definition) is 7. The number of anilines is 2. The lowest BCUT2D eigenvalue weighted by atomic mass is 10.1. The van der Waals surface area contributed by atoms with Crippen molar-refractivity contribution in [2.45, 2.75) is 25.3 Å². The number of halogens is 4. The van der Waals surface area contributed by atoms with E-state index < -0.39 is 35.3 Å². The van der Waals surface area contributed by atoms with E-state index in [0.29, 0.717) is 17.0 Å². The number of hydrazine groups is 1. The number of H-pyrrole nitrogens is 1. The summed E-state index contributed by atoms with van der Waals surface area (Å²) in [6.07, 6.45) is 4.74. The summed E-state index contributed by atoms with van der Waals surface area (Å²) in [4.78, 5) is 37.7. The van der Waals surface area contributed by atoms with E-state index in [2.05, 4.69) is 30.7 Å². The van der Waals surface area contributed by atoms with Crippen LogP contribution in [0.5, 0.6) is 0 Å². The van der Waals surface area contributed by atoms with Gasteiger partial charge in [-0.05, 0) is 48.5 Å². The van der Waals surface area contributed by atoms with Gasteiger partial charge in [0.1, 0.15) is 23.8 Å². The number of nitrogens with two attached hydrogens (primary N) is 2. The Bertz CT molecular complexity index is 1790. The van der Waals surface area contributed by atoms with Crippen LogP contribution in [0.3, 0.4) is 0 Å². The number of aryl methyl sites for hydroxylation is 1. The van der Waals surface area contributed by atoms with Gasteiger partial charge < -0.3 is 21.5 Å². The SMILES string of the molecule is N/N=C\N(N)c1ccc(Cl)c(F)c1/C=C/C(=O)NC1Cc2ccc(F)c(n2)CCC(=O)Nc2cc(F)ccc2-c2cnc1[nH]2. The Kier molecular flexibility index (Phi) is 8.92. The summed E-state index contributed by atoms with van der Waals surface area (Å²) in [5.41, 5.74) is 1.55. The van der Waals surface area contributed by atoms with Crippen molar-refractivity contribution in [1.82, 2.24) is 20.3 Å². The number of rotatable bonds is 5. The van der Waals surface area contributed by atoms with Gasteiger partial charge in [-0.25, -0.2) is 24.0 Å². The van der Waals surface area contributed by atoms with E-state index >= 15 is 0 Å². The molecule has 15 heteroatoms. The van der Waals surface area contributed by atoms with E-state index in [1.54, 1.807) is 0 Å². The Hall–Kier alpha value is -5.21. The summed E-state index contributed by atoms with van der Waals surface area (Å²) in [5, 5.41) is 9.55. The van der Waals surface area contributed by atoms with E-state index in [4.69, 9.17) is 23.3 Å². The van der Waals surface area contributed by atoms with Crippen LogP contribution < -0.4 is 27.3 Å². The Morgan fingerprint density at radius 1 is 1.16 bits per heavy atom. The maximum absolute atomic E-state index is 14.9. The smallest absolute Gasteiger partial charge is 0.244 e. The number of fused-ring (bicyclic) bond motifs is 6. The van der Waals surface area contributed by atoms with Gasteiger partial charge in [0.05, 0.1) is 40.0 Å². The summed E-state index contributed by atoms with van der Waals surface area (Å²) in [7, 11) is 0. The quantitative estimate of drug-likeness (QED) is 0.0732. The monoisotopic (exact) mass is 623 g/mol. The van der Waals surface area contributed by atoms with Crippen molar-refractivity contribution in [3.63, 3.8) is 0 Å². The molecular weight excluding hydrogens is 599 g/mol. The zero-order chi connectivity index (χ0) is 31.4.